The maximum Gasteiger partial charge on any atom is 0.573 e. The average Bonchev–Trinajstić information content (AvgIpc) is 3.67. The average molecular weight is 518 g/mol. The van der Waals surface area contributed by atoms with Crippen LogP contribution in [0.4, 0.5) is 27.6 Å². The maximum atomic E-state index is 16.4. The van der Waals surface area contributed by atoms with E-state index in [1.165, 1.54) is 0 Å². The van der Waals surface area contributed by atoms with E-state index in [0.717, 1.165) is 37.6 Å². The van der Waals surface area contributed by atoms with Crippen LogP contribution >= 0.6 is 0 Å². The number of halogens is 5. The van der Waals surface area contributed by atoms with Gasteiger partial charge in [0.25, 0.3) is 0 Å². The van der Waals surface area contributed by atoms with Gasteiger partial charge in [0.1, 0.15) is 5.69 Å². The summed E-state index contributed by atoms with van der Waals surface area (Å²) in [6, 6.07) is 3.83. The van der Waals surface area contributed by atoms with Crippen LogP contribution in [0.2, 0.25) is 0 Å². The van der Waals surface area contributed by atoms with Crippen molar-refractivity contribution in [1.29, 1.82) is 5.26 Å². The lowest BCUT2D eigenvalue weighted by Gasteiger charge is -2.17. The van der Waals surface area contributed by atoms with Gasteiger partial charge >= 0.3 is 6.36 Å². The van der Waals surface area contributed by atoms with Crippen molar-refractivity contribution in [2.75, 3.05) is 18.8 Å². The Morgan fingerprint density at radius 3 is 2.68 bits per heavy atom. The minimum absolute atomic E-state index is 0.0229. The van der Waals surface area contributed by atoms with Gasteiger partial charge in [0.2, 0.25) is 0 Å². The van der Waals surface area contributed by atoms with Gasteiger partial charge in [-0.3, -0.25) is 0 Å². The van der Waals surface area contributed by atoms with Gasteiger partial charge in [-0.1, -0.05) is 6.92 Å². The number of aryl methyl sites for hydroxylation is 1. The summed E-state index contributed by atoms with van der Waals surface area (Å²) in [5.74, 6) is -2.87. The van der Waals surface area contributed by atoms with Crippen molar-refractivity contribution in [3.63, 3.8) is 0 Å². The molecule has 3 N–H and O–H groups in total. The Morgan fingerprint density at radius 2 is 2.05 bits per heavy atom. The zero-order valence-corrected chi connectivity index (χ0v) is 19.9. The first-order valence-corrected chi connectivity index (χ1v) is 12.2. The van der Waals surface area contributed by atoms with Gasteiger partial charge in [-0.2, -0.15) is 5.26 Å². The molecule has 3 atom stereocenters. The summed E-state index contributed by atoms with van der Waals surface area (Å²) < 4.78 is 76.4. The van der Waals surface area contributed by atoms with Crippen molar-refractivity contribution >= 4 is 16.6 Å². The number of hydrogen-bond acceptors (Lipinski definition) is 5. The molecule has 194 valence electrons. The summed E-state index contributed by atoms with van der Waals surface area (Å²) in [5, 5.41) is 13.3. The molecule has 2 aromatic heterocycles. The maximum absolute atomic E-state index is 16.4. The molecular weight excluding hydrogens is 493 g/mol. The fourth-order valence-corrected chi connectivity index (χ4v) is 6.16. The van der Waals surface area contributed by atoms with Crippen molar-refractivity contribution in [2.45, 2.75) is 50.9 Å². The van der Waals surface area contributed by atoms with Crippen molar-refractivity contribution in [2.24, 2.45) is 11.3 Å². The van der Waals surface area contributed by atoms with Crippen molar-refractivity contribution in [3.8, 4) is 23.1 Å². The van der Waals surface area contributed by atoms with E-state index in [4.69, 9.17) is 5.73 Å². The van der Waals surface area contributed by atoms with Gasteiger partial charge < -0.3 is 20.4 Å². The molecule has 1 unspecified atom stereocenters. The topological polar surface area (TPSA) is 88.9 Å². The molecule has 3 aliphatic rings. The van der Waals surface area contributed by atoms with Crippen LogP contribution in [0, 0.1) is 34.3 Å². The lowest BCUT2D eigenvalue weighted by Crippen LogP contribution is -2.19. The van der Waals surface area contributed by atoms with Crippen LogP contribution in [0.15, 0.2) is 18.3 Å². The van der Waals surface area contributed by atoms with Crippen LogP contribution in [-0.4, -0.2) is 29.0 Å². The van der Waals surface area contributed by atoms with Crippen LogP contribution in [0.25, 0.3) is 22.2 Å². The highest BCUT2D eigenvalue weighted by Crippen LogP contribution is 2.67. The monoisotopic (exact) mass is 517 g/mol. The van der Waals surface area contributed by atoms with Gasteiger partial charge in [0.05, 0.1) is 22.8 Å². The lowest BCUT2D eigenvalue weighted by atomic mass is 9.97. The number of aromatic nitrogens is 2. The highest BCUT2D eigenvalue weighted by atomic mass is 19.4. The molecule has 3 heterocycles. The fourth-order valence-electron chi connectivity index (χ4n) is 6.16. The molecule has 3 fully saturated rings. The zero-order valence-electron chi connectivity index (χ0n) is 19.9. The molecule has 6 nitrogen and oxygen atoms in total. The van der Waals surface area contributed by atoms with Crippen LogP contribution in [-0.2, 0) is 6.42 Å². The molecule has 2 saturated carbocycles. The molecule has 3 aromatic rings. The Bertz CT molecular complexity index is 1470. The standard InChI is InChI=1S/C26H24F5N5O/c1-25-11-34-9-16(25)20(25)15-10-36(13-4-5-13)23-19(15)18(3-2-6-32)35-22(21(23)28)14-7-12(33)8-17(27)24(14)37-26(29,30)31/h7-8,10,13,16,20,34H,2-5,9,11,33H2,1H3/t16-,20?,25-/m0/s1. The predicted molar refractivity (Wildman–Crippen MR) is 126 cm³/mol. The highest BCUT2D eigenvalue weighted by molar-refractivity contribution is 5.92. The Morgan fingerprint density at radius 1 is 1.30 bits per heavy atom. The van der Waals surface area contributed by atoms with Crippen molar-refractivity contribution in [3.05, 3.63) is 41.2 Å². The molecule has 1 aromatic carbocycles. The van der Waals surface area contributed by atoms with Gasteiger partial charge in [0, 0.05) is 48.8 Å². The number of rotatable bonds is 6. The van der Waals surface area contributed by atoms with Crippen LogP contribution in [0.3, 0.4) is 0 Å². The number of piperidine rings is 1. The SMILES string of the molecule is C[C@]12CNC[C@H]1C2c1cn(C2CC2)c2c(F)c(-c3cc(N)cc(F)c3OC(F)(F)F)nc(CCC#N)c12. The van der Waals surface area contributed by atoms with Gasteiger partial charge in [-0.25, -0.2) is 13.8 Å². The molecule has 0 radical (unpaired) electrons. The molecule has 6 rings (SSSR count). The predicted octanol–water partition coefficient (Wildman–Crippen LogP) is 5.58. The third-order valence-electron chi connectivity index (χ3n) is 8.02. The van der Waals surface area contributed by atoms with E-state index in [1.54, 1.807) is 0 Å². The van der Waals surface area contributed by atoms with Crippen LogP contribution in [0.1, 0.15) is 49.4 Å². The first-order valence-electron chi connectivity index (χ1n) is 12.2. The number of ether oxygens (including phenoxy) is 1. The second-order valence-electron chi connectivity index (χ2n) is 10.5. The van der Waals surface area contributed by atoms with E-state index in [1.807, 2.05) is 10.8 Å². The number of nitrogens with zero attached hydrogens (tertiary/aromatic N) is 3. The number of benzene rings is 1. The number of nitrogens with one attached hydrogen (secondary N) is 1. The molecular formula is C26H24F5N5O. The minimum Gasteiger partial charge on any atom is -0.402 e. The fraction of sp³-hybridized carbons (Fsp3) is 0.462. The second kappa shape index (κ2) is 8.05. The number of hydrogen-bond donors (Lipinski definition) is 2. The Labute approximate surface area is 209 Å². The summed E-state index contributed by atoms with van der Waals surface area (Å²) in [4.78, 5) is 4.44. The van der Waals surface area contributed by atoms with Crippen LogP contribution < -0.4 is 15.8 Å². The van der Waals surface area contributed by atoms with Crippen molar-refractivity contribution < 1.29 is 26.7 Å². The normalized spacial score (nSPS) is 24.8. The van der Waals surface area contributed by atoms with E-state index >= 15 is 4.39 Å². The van der Waals surface area contributed by atoms with E-state index < -0.39 is 35.0 Å². The van der Waals surface area contributed by atoms with E-state index in [2.05, 4.69) is 28.0 Å². The Kier molecular flexibility index (Phi) is 5.22. The van der Waals surface area contributed by atoms with E-state index in [0.29, 0.717) is 23.1 Å². The number of nitrogens with two attached hydrogens (primary N) is 1. The van der Waals surface area contributed by atoms with Gasteiger partial charge in [-0.05, 0) is 48.3 Å². The zero-order chi connectivity index (χ0) is 26.3. The second-order valence-corrected chi connectivity index (χ2v) is 10.5. The number of anilines is 1. The van der Waals surface area contributed by atoms with Gasteiger partial charge in [0.15, 0.2) is 17.4 Å². The lowest BCUT2D eigenvalue weighted by molar-refractivity contribution is -0.275. The van der Waals surface area contributed by atoms with Crippen LogP contribution in [0.5, 0.6) is 5.75 Å². The number of alkyl halides is 3. The van der Waals surface area contributed by atoms with E-state index in [-0.39, 0.29) is 41.4 Å². The summed E-state index contributed by atoms with van der Waals surface area (Å²) in [5.41, 5.74) is 6.11. The number of nitriles is 1. The van der Waals surface area contributed by atoms with Crippen molar-refractivity contribution in [1.82, 2.24) is 14.9 Å². The first kappa shape index (κ1) is 24.0. The third-order valence-corrected chi connectivity index (χ3v) is 8.02. The molecule has 1 saturated heterocycles. The third kappa shape index (κ3) is 3.81. The van der Waals surface area contributed by atoms with Gasteiger partial charge in [-0.15, -0.1) is 13.2 Å². The molecule has 37 heavy (non-hydrogen) atoms. The largest absolute Gasteiger partial charge is 0.573 e. The van der Waals surface area contributed by atoms with E-state index in [9.17, 15) is 22.8 Å². The molecule has 0 spiro atoms. The Hall–Kier alpha value is -3.39. The number of nitrogen functional groups attached to an aromatic ring is 1. The number of pyridine rings is 1. The minimum atomic E-state index is -5.22. The quantitative estimate of drug-likeness (QED) is 0.329. The summed E-state index contributed by atoms with van der Waals surface area (Å²) in [6.45, 7) is 3.87. The Balaban J connectivity index is 1.62. The summed E-state index contributed by atoms with van der Waals surface area (Å²) in [6.07, 6.45) is -1.34. The molecule has 11 heteroatoms. The molecule has 0 bridgehead atoms. The summed E-state index contributed by atoms with van der Waals surface area (Å²) >= 11 is 0. The summed E-state index contributed by atoms with van der Waals surface area (Å²) in [7, 11) is 0. The highest BCUT2D eigenvalue weighted by Gasteiger charge is 2.64. The molecule has 1 aliphatic heterocycles. The molecule has 0 amide bonds. The smallest absolute Gasteiger partial charge is 0.402 e. The molecule has 2 aliphatic carbocycles. The number of fused-ring (bicyclic) bond motifs is 2. The first-order chi connectivity index (χ1) is 17.5.